The van der Waals surface area contributed by atoms with Crippen molar-refractivity contribution in [2.45, 2.75) is 0 Å². The second-order valence-electron chi connectivity index (χ2n) is 6.43. The number of hydrogen-bond acceptors (Lipinski definition) is 6. The van der Waals surface area contributed by atoms with Gasteiger partial charge in [-0.3, -0.25) is 10.1 Å². The minimum Gasteiger partial charge on any atom is -0.462 e. The highest BCUT2D eigenvalue weighted by atomic mass is 35.5. The van der Waals surface area contributed by atoms with E-state index in [2.05, 4.69) is 15.5 Å². The maximum absolute atomic E-state index is 13.2. The molecule has 0 aliphatic rings. The van der Waals surface area contributed by atoms with Crippen molar-refractivity contribution in [2.75, 3.05) is 5.32 Å². The topological polar surface area (TPSA) is 80.9 Å². The van der Waals surface area contributed by atoms with Gasteiger partial charge in [0.15, 0.2) is 10.8 Å². The number of aromatic nitrogens is 3. The van der Waals surface area contributed by atoms with E-state index in [0.29, 0.717) is 43.1 Å². The van der Waals surface area contributed by atoms with E-state index in [9.17, 15) is 4.79 Å². The Bertz CT molecular complexity index is 1350. The molecule has 0 saturated heterocycles. The zero-order valence-electron chi connectivity index (χ0n) is 15.4. The van der Waals surface area contributed by atoms with Crippen LogP contribution in [0.5, 0.6) is 0 Å². The van der Waals surface area contributed by atoms with E-state index in [0.717, 1.165) is 5.56 Å². The maximum atomic E-state index is 13.2. The average molecular weight is 433 g/mol. The Morgan fingerprint density at radius 1 is 1.00 bits per heavy atom. The molecular weight excluding hydrogens is 420 g/mol. The molecule has 146 valence electrons. The largest absolute Gasteiger partial charge is 0.462 e. The summed E-state index contributed by atoms with van der Waals surface area (Å²) in [5.41, 5.74) is 2.75. The lowest BCUT2D eigenvalue weighted by Gasteiger charge is -2.10. The number of halogens is 1. The van der Waals surface area contributed by atoms with Crippen molar-refractivity contribution in [3.05, 3.63) is 83.6 Å². The molecule has 5 aromatic rings. The van der Waals surface area contributed by atoms with Crippen molar-refractivity contribution in [1.29, 1.82) is 0 Å². The molecule has 2 aromatic carbocycles. The van der Waals surface area contributed by atoms with Crippen LogP contribution in [0.3, 0.4) is 0 Å². The molecule has 0 spiro atoms. The lowest BCUT2D eigenvalue weighted by molar-refractivity contribution is 0.102. The molecule has 0 radical (unpaired) electrons. The fraction of sp³-hybridized carbons (Fsp3) is 0. The molecule has 0 unspecified atom stereocenters. The van der Waals surface area contributed by atoms with Crippen molar-refractivity contribution in [3.63, 3.8) is 0 Å². The van der Waals surface area contributed by atoms with E-state index in [4.69, 9.17) is 21.0 Å². The highest BCUT2D eigenvalue weighted by molar-refractivity contribution is 7.18. The predicted molar refractivity (Wildman–Crippen MR) is 118 cm³/mol. The van der Waals surface area contributed by atoms with Crippen LogP contribution in [0.2, 0.25) is 5.02 Å². The smallest absolute Gasteiger partial charge is 0.258 e. The summed E-state index contributed by atoms with van der Waals surface area (Å²) in [5, 5.41) is 13.1. The summed E-state index contributed by atoms with van der Waals surface area (Å²) in [6, 6.07) is 20.3. The van der Waals surface area contributed by atoms with Crippen LogP contribution in [-0.4, -0.2) is 21.1 Å². The summed E-state index contributed by atoms with van der Waals surface area (Å²) in [4.78, 5) is 17.9. The van der Waals surface area contributed by atoms with Gasteiger partial charge in [0.05, 0.1) is 23.0 Å². The van der Waals surface area contributed by atoms with E-state index in [1.807, 2.05) is 30.3 Å². The van der Waals surface area contributed by atoms with Gasteiger partial charge in [-0.15, -0.1) is 10.2 Å². The molecule has 0 bridgehead atoms. The zero-order valence-corrected chi connectivity index (χ0v) is 16.9. The summed E-state index contributed by atoms with van der Waals surface area (Å²) >= 11 is 7.42. The summed E-state index contributed by atoms with van der Waals surface area (Å²) in [6.07, 6.45) is 1.56. The summed E-state index contributed by atoms with van der Waals surface area (Å²) < 4.78 is 5.33. The van der Waals surface area contributed by atoms with Crippen LogP contribution < -0.4 is 5.32 Å². The molecule has 0 aliphatic carbocycles. The van der Waals surface area contributed by atoms with Crippen LogP contribution in [0.15, 0.2) is 77.4 Å². The Morgan fingerprint density at radius 3 is 2.67 bits per heavy atom. The van der Waals surface area contributed by atoms with Gasteiger partial charge in [0, 0.05) is 16.0 Å². The highest BCUT2D eigenvalue weighted by Gasteiger charge is 2.17. The number of nitrogens with one attached hydrogen (secondary N) is 1. The molecule has 3 aromatic heterocycles. The van der Waals surface area contributed by atoms with E-state index in [-0.39, 0.29) is 5.91 Å². The van der Waals surface area contributed by atoms with Crippen molar-refractivity contribution < 1.29 is 9.21 Å². The van der Waals surface area contributed by atoms with E-state index < -0.39 is 0 Å². The molecule has 30 heavy (non-hydrogen) atoms. The Morgan fingerprint density at radius 2 is 1.87 bits per heavy atom. The van der Waals surface area contributed by atoms with Gasteiger partial charge >= 0.3 is 0 Å². The lowest BCUT2D eigenvalue weighted by Crippen LogP contribution is -2.13. The molecule has 0 atom stereocenters. The molecule has 1 N–H and O–H groups in total. The van der Waals surface area contributed by atoms with Gasteiger partial charge in [-0.1, -0.05) is 53.3 Å². The molecule has 0 fully saturated rings. The van der Waals surface area contributed by atoms with E-state index in [1.165, 1.54) is 11.3 Å². The number of anilines is 1. The minimum absolute atomic E-state index is 0.316. The monoisotopic (exact) mass is 432 g/mol. The Hall–Kier alpha value is -3.55. The first-order valence-corrected chi connectivity index (χ1v) is 10.2. The second-order valence-corrected chi connectivity index (χ2v) is 7.84. The third-order valence-corrected chi connectivity index (χ3v) is 5.55. The molecule has 1 amide bonds. The number of nitrogens with zero attached hydrogens (tertiary/aromatic N) is 3. The number of hydrogen-bond donors (Lipinski definition) is 1. The number of pyridine rings is 1. The van der Waals surface area contributed by atoms with Gasteiger partial charge in [-0.2, -0.15) is 0 Å². The van der Waals surface area contributed by atoms with Crippen molar-refractivity contribution in [1.82, 2.24) is 15.2 Å². The first-order valence-electron chi connectivity index (χ1n) is 9.02. The molecule has 0 aliphatic heterocycles. The number of carbonyl (C=O) groups is 1. The van der Waals surface area contributed by atoms with Gasteiger partial charge in [0.2, 0.25) is 5.13 Å². The number of furan rings is 1. The predicted octanol–water partition coefficient (Wildman–Crippen LogP) is 5.92. The van der Waals surface area contributed by atoms with Gasteiger partial charge < -0.3 is 4.42 Å². The van der Waals surface area contributed by atoms with Crippen LogP contribution in [0, 0.1) is 0 Å². The Kier molecular flexibility index (Phi) is 4.74. The van der Waals surface area contributed by atoms with Crippen LogP contribution in [0.4, 0.5) is 5.13 Å². The third-order valence-electron chi connectivity index (χ3n) is 4.46. The SMILES string of the molecule is O=C(Nc1nnc(-c2ccco2)s1)c1cc(-c2ccccc2)nc2ccc(Cl)cc12. The van der Waals surface area contributed by atoms with Crippen molar-refractivity contribution in [3.8, 4) is 22.0 Å². The fourth-order valence-electron chi connectivity index (χ4n) is 3.08. The summed E-state index contributed by atoms with van der Waals surface area (Å²) in [7, 11) is 0. The molecule has 5 rings (SSSR count). The van der Waals surface area contributed by atoms with Crippen LogP contribution >= 0.6 is 22.9 Å². The fourth-order valence-corrected chi connectivity index (χ4v) is 3.96. The van der Waals surface area contributed by atoms with Crippen LogP contribution in [-0.2, 0) is 0 Å². The Balaban J connectivity index is 1.55. The first-order chi connectivity index (χ1) is 14.7. The molecule has 3 heterocycles. The van der Waals surface area contributed by atoms with Crippen LogP contribution in [0.1, 0.15) is 10.4 Å². The normalized spacial score (nSPS) is 11.0. The number of carbonyl (C=O) groups excluding carboxylic acids is 1. The second kappa shape index (κ2) is 7.70. The lowest BCUT2D eigenvalue weighted by atomic mass is 10.0. The standard InChI is InChI=1S/C22H13ClN4O2S/c23-14-8-9-17-15(11-14)16(12-18(24-17)13-5-2-1-3-6-13)20(28)25-22-27-26-21(30-22)19-7-4-10-29-19/h1-12H,(H,25,27,28). The average Bonchev–Trinajstić information content (AvgIpc) is 3.45. The van der Waals surface area contributed by atoms with E-state index in [1.54, 1.807) is 42.7 Å². The van der Waals surface area contributed by atoms with Crippen molar-refractivity contribution >= 4 is 44.9 Å². The number of fused-ring (bicyclic) bond motifs is 1. The summed E-state index contributed by atoms with van der Waals surface area (Å²) in [5.74, 6) is 0.282. The summed E-state index contributed by atoms with van der Waals surface area (Å²) in [6.45, 7) is 0. The maximum Gasteiger partial charge on any atom is 0.258 e. The first kappa shape index (κ1) is 18.5. The number of rotatable bonds is 4. The highest BCUT2D eigenvalue weighted by Crippen LogP contribution is 2.30. The quantitative estimate of drug-likeness (QED) is 0.381. The van der Waals surface area contributed by atoms with Gasteiger partial charge in [0.1, 0.15) is 0 Å². The van der Waals surface area contributed by atoms with Crippen molar-refractivity contribution in [2.24, 2.45) is 0 Å². The molecule has 6 nitrogen and oxygen atoms in total. The Labute approximate surface area is 180 Å². The molecule has 8 heteroatoms. The number of amides is 1. The van der Waals surface area contributed by atoms with Crippen LogP contribution in [0.25, 0.3) is 32.9 Å². The van der Waals surface area contributed by atoms with E-state index >= 15 is 0 Å². The molecule has 0 saturated carbocycles. The van der Waals surface area contributed by atoms with Gasteiger partial charge in [0.25, 0.3) is 5.91 Å². The zero-order chi connectivity index (χ0) is 20.5. The van der Waals surface area contributed by atoms with Gasteiger partial charge in [-0.05, 0) is 36.4 Å². The number of benzene rings is 2. The minimum atomic E-state index is -0.316. The molecular formula is C22H13ClN4O2S. The van der Waals surface area contributed by atoms with Gasteiger partial charge in [-0.25, -0.2) is 4.98 Å². The third kappa shape index (κ3) is 3.56.